The highest BCUT2D eigenvalue weighted by Gasteiger charge is 2.15. The maximum atomic E-state index is 11.5. The van der Waals surface area contributed by atoms with Gasteiger partial charge in [-0.25, -0.2) is 9.59 Å². The summed E-state index contributed by atoms with van der Waals surface area (Å²) in [7, 11) is 1.29. The summed E-state index contributed by atoms with van der Waals surface area (Å²) in [4.78, 5) is 22.9. The number of amides is 1. The van der Waals surface area contributed by atoms with Crippen molar-refractivity contribution in [3.63, 3.8) is 0 Å². The number of hydrogen-bond acceptors (Lipinski definition) is 4. The number of ether oxygens (including phenoxy) is 2. The zero-order chi connectivity index (χ0) is 13.7. The van der Waals surface area contributed by atoms with Crippen LogP contribution in [-0.2, 0) is 9.47 Å². The fraction of sp³-hybridized carbons (Fsp3) is 0.333. The van der Waals surface area contributed by atoms with Crippen molar-refractivity contribution in [3.8, 4) is 0 Å². The Morgan fingerprint density at radius 3 is 2.56 bits per heavy atom. The zero-order valence-corrected chi connectivity index (χ0v) is 11.9. The number of methoxy groups -OCH3 is 1. The first-order chi connectivity index (χ1) is 8.45. The van der Waals surface area contributed by atoms with E-state index in [0.717, 1.165) is 0 Å². The first-order valence-corrected chi connectivity index (χ1v) is 6.09. The van der Waals surface area contributed by atoms with E-state index in [4.69, 9.17) is 4.74 Å². The van der Waals surface area contributed by atoms with E-state index in [2.05, 4.69) is 26.0 Å². The van der Waals surface area contributed by atoms with Crippen molar-refractivity contribution in [1.82, 2.24) is 0 Å². The second-order valence-electron chi connectivity index (χ2n) is 3.74. The third-order valence-corrected chi connectivity index (χ3v) is 2.84. The SMILES string of the molecule is COC(=O)c1cccc(NC(=O)OC(C)C)c1Br. The van der Waals surface area contributed by atoms with E-state index < -0.39 is 12.1 Å². The Labute approximate surface area is 114 Å². The molecular formula is C12H14BrNO4. The van der Waals surface area contributed by atoms with E-state index in [-0.39, 0.29) is 6.10 Å². The summed E-state index contributed by atoms with van der Waals surface area (Å²) in [5.41, 5.74) is 0.781. The summed E-state index contributed by atoms with van der Waals surface area (Å²) in [5.74, 6) is -0.484. The molecular weight excluding hydrogens is 302 g/mol. The predicted octanol–water partition coefficient (Wildman–Crippen LogP) is 3.19. The van der Waals surface area contributed by atoms with Crippen molar-refractivity contribution in [2.45, 2.75) is 20.0 Å². The van der Waals surface area contributed by atoms with Crippen molar-refractivity contribution in [1.29, 1.82) is 0 Å². The number of rotatable bonds is 3. The minimum atomic E-state index is -0.576. The lowest BCUT2D eigenvalue weighted by atomic mass is 10.2. The summed E-state index contributed by atoms with van der Waals surface area (Å²) in [6.45, 7) is 3.50. The molecule has 98 valence electrons. The summed E-state index contributed by atoms with van der Waals surface area (Å²) in [6.07, 6.45) is -0.791. The van der Waals surface area contributed by atoms with Gasteiger partial charge in [0, 0.05) is 0 Å². The van der Waals surface area contributed by atoms with E-state index in [1.54, 1.807) is 32.0 Å². The molecule has 5 nitrogen and oxygen atoms in total. The Bertz CT molecular complexity index is 459. The number of carbonyl (C=O) groups is 2. The first-order valence-electron chi connectivity index (χ1n) is 5.30. The normalized spacial score (nSPS) is 10.1. The summed E-state index contributed by atoms with van der Waals surface area (Å²) >= 11 is 3.25. The molecule has 0 bridgehead atoms. The fourth-order valence-corrected chi connectivity index (χ4v) is 1.77. The Kier molecular flexibility index (Phi) is 5.15. The lowest BCUT2D eigenvalue weighted by Crippen LogP contribution is -2.18. The molecule has 0 atom stereocenters. The van der Waals surface area contributed by atoms with Gasteiger partial charge in [0.1, 0.15) is 0 Å². The van der Waals surface area contributed by atoms with E-state index >= 15 is 0 Å². The van der Waals surface area contributed by atoms with Gasteiger partial charge < -0.3 is 9.47 Å². The molecule has 0 aliphatic rings. The van der Waals surface area contributed by atoms with Crippen LogP contribution >= 0.6 is 15.9 Å². The van der Waals surface area contributed by atoms with E-state index in [0.29, 0.717) is 15.7 Å². The average molecular weight is 316 g/mol. The van der Waals surface area contributed by atoms with Crippen LogP contribution in [0.25, 0.3) is 0 Å². The van der Waals surface area contributed by atoms with Gasteiger partial charge in [-0.2, -0.15) is 0 Å². The largest absolute Gasteiger partial charge is 0.465 e. The Morgan fingerprint density at radius 2 is 2.00 bits per heavy atom. The highest BCUT2D eigenvalue weighted by atomic mass is 79.9. The lowest BCUT2D eigenvalue weighted by Gasteiger charge is -2.12. The number of halogens is 1. The molecule has 0 aliphatic heterocycles. The van der Waals surface area contributed by atoms with Crippen molar-refractivity contribution in [2.75, 3.05) is 12.4 Å². The third kappa shape index (κ3) is 3.73. The van der Waals surface area contributed by atoms with Gasteiger partial charge >= 0.3 is 12.1 Å². The average Bonchev–Trinajstić information content (AvgIpc) is 2.30. The molecule has 6 heteroatoms. The minimum Gasteiger partial charge on any atom is -0.465 e. The summed E-state index contributed by atoms with van der Waals surface area (Å²) < 4.78 is 10.0. The molecule has 0 spiro atoms. The van der Waals surface area contributed by atoms with Crippen molar-refractivity contribution in [2.24, 2.45) is 0 Å². The van der Waals surface area contributed by atoms with Crippen LogP contribution in [-0.4, -0.2) is 25.3 Å². The van der Waals surface area contributed by atoms with Crippen LogP contribution in [0.5, 0.6) is 0 Å². The van der Waals surface area contributed by atoms with Crippen LogP contribution in [0.3, 0.4) is 0 Å². The molecule has 0 heterocycles. The number of esters is 1. The second-order valence-corrected chi connectivity index (χ2v) is 4.53. The second kappa shape index (κ2) is 6.39. The third-order valence-electron chi connectivity index (χ3n) is 1.98. The number of benzene rings is 1. The van der Waals surface area contributed by atoms with Crippen LogP contribution in [0.4, 0.5) is 10.5 Å². The summed E-state index contributed by atoms with van der Waals surface area (Å²) in [5, 5.41) is 2.55. The molecule has 1 aromatic carbocycles. The maximum absolute atomic E-state index is 11.5. The molecule has 0 saturated carbocycles. The molecule has 0 fully saturated rings. The summed E-state index contributed by atoms with van der Waals surface area (Å²) in [6, 6.07) is 4.88. The fourth-order valence-electron chi connectivity index (χ4n) is 1.25. The van der Waals surface area contributed by atoms with Gasteiger partial charge in [-0.15, -0.1) is 0 Å². The molecule has 0 unspecified atom stereocenters. The smallest absolute Gasteiger partial charge is 0.411 e. The molecule has 0 aromatic heterocycles. The number of carbonyl (C=O) groups excluding carboxylic acids is 2. The molecule has 0 aliphatic carbocycles. The minimum absolute atomic E-state index is 0.215. The number of nitrogens with one attached hydrogen (secondary N) is 1. The van der Waals surface area contributed by atoms with Gasteiger partial charge in [-0.05, 0) is 41.9 Å². The van der Waals surface area contributed by atoms with Crippen LogP contribution in [0.15, 0.2) is 22.7 Å². The van der Waals surface area contributed by atoms with Crippen molar-refractivity contribution in [3.05, 3.63) is 28.2 Å². The highest BCUT2D eigenvalue weighted by Crippen LogP contribution is 2.27. The van der Waals surface area contributed by atoms with Crippen molar-refractivity contribution >= 4 is 33.7 Å². The van der Waals surface area contributed by atoms with Gasteiger partial charge in [0.05, 0.1) is 28.9 Å². The van der Waals surface area contributed by atoms with E-state index in [1.165, 1.54) is 7.11 Å². The standard InChI is InChI=1S/C12H14BrNO4/c1-7(2)18-12(16)14-9-6-4-5-8(10(9)13)11(15)17-3/h4-7H,1-3H3,(H,14,16). The number of anilines is 1. The van der Waals surface area contributed by atoms with Crippen LogP contribution in [0.2, 0.25) is 0 Å². The van der Waals surface area contributed by atoms with Crippen LogP contribution in [0, 0.1) is 0 Å². The van der Waals surface area contributed by atoms with Gasteiger partial charge in [0.25, 0.3) is 0 Å². The molecule has 18 heavy (non-hydrogen) atoms. The molecule has 0 saturated heterocycles. The highest BCUT2D eigenvalue weighted by molar-refractivity contribution is 9.10. The molecule has 1 N–H and O–H groups in total. The van der Waals surface area contributed by atoms with Gasteiger partial charge in [0.15, 0.2) is 0 Å². The van der Waals surface area contributed by atoms with Crippen LogP contribution in [0.1, 0.15) is 24.2 Å². The number of hydrogen-bond donors (Lipinski definition) is 1. The lowest BCUT2D eigenvalue weighted by molar-refractivity contribution is 0.0599. The van der Waals surface area contributed by atoms with Gasteiger partial charge in [-0.3, -0.25) is 5.32 Å². The quantitative estimate of drug-likeness (QED) is 0.870. The van der Waals surface area contributed by atoms with Gasteiger partial charge in [-0.1, -0.05) is 6.07 Å². The maximum Gasteiger partial charge on any atom is 0.411 e. The zero-order valence-electron chi connectivity index (χ0n) is 10.3. The molecule has 1 amide bonds. The molecule has 1 rings (SSSR count). The Hall–Kier alpha value is -1.56. The van der Waals surface area contributed by atoms with Crippen molar-refractivity contribution < 1.29 is 19.1 Å². The Morgan fingerprint density at radius 1 is 1.33 bits per heavy atom. The Balaban J connectivity index is 2.91. The van der Waals surface area contributed by atoms with Gasteiger partial charge in [0.2, 0.25) is 0 Å². The van der Waals surface area contributed by atoms with E-state index in [9.17, 15) is 9.59 Å². The monoisotopic (exact) mass is 315 g/mol. The van der Waals surface area contributed by atoms with Crippen LogP contribution < -0.4 is 5.32 Å². The molecule has 1 aromatic rings. The topological polar surface area (TPSA) is 64.6 Å². The molecule has 0 radical (unpaired) electrons. The first kappa shape index (κ1) is 14.5. The van der Waals surface area contributed by atoms with E-state index in [1.807, 2.05) is 0 Å². The predicted molar refractivity (Wildman–Crippen MR) is 70.7 cm³/mol.